The molecule has 0 aliphatic carbocycles. The summed E-state index contributed by atoms with van der Waals surface area (Å²) in [6.07, 6.45) is 0. The van der Waals surface area contributed by atoms with Crippen LogP contribution in [-0.4, -0.2) is 18.0 Å². The topological polar surface area (TPSA) is 67.2 Å². The van der Waals surface area contributed by atoms with E-state index in [9.17, 15) is 10.1 Å². The molecule has 2 rings (SSSR count). The van der Waals surface area contributed by atoms with Crippen LogP contribution in [0.25, 0.3) is 0 Å². The van der Waals surface area contributed by atoms with Crippen molar-refractivity contribution in [2.45, 2.75) is 6.54 Å². The first-order chi connectivity index (χ1) is 10.1. The Hall–Kier alpha value is -1.63. The van der Waals surface area contributed by atoms with Gasteiger partial charge in [0.25, 0.3) is 5.69 Å². The third kappa shape index (κ3) is 6.01. The molecule has 118 valence electrons. The molecular weight excluding hydrogens is 370 g/mol. The quantitative estimate of drug-likeness (QED) is 0.429. The third-order valence-corrected chi connectivity index (χ3v) is 3.42. The molecule has 0 saturated carbocycles. The fraction of sp³-hybridized carbons (Fsp3) is 0.200. The summed E-state index contributed by atoms with van der Waals surface area (Å²) >= 11 is 3.44. The maximum absolute atomic E-state index is 10.5. The number of non-ortho nitro benzene ring substituents is 1. The van der Waals surface area contributed by atoms with Gasteiger partial charge >= 0.3 is 0 Å². The number of nitrogens with one attached hydrogen (secondary N) is 2. The Bertz CT molecular complexity index is 608. The first kappa shape index (κ1) is 18.4. The third-order valence-electron chi connectivity index (χ3n) is 2.93. The maximum Gasteiger partial charge on any atom is 0.269 e. The van der Waals surface area contributed by atoms with Crippen LogP contribution < -0.4 is 10.6 Å². The van der Waals surface area contributed by atoms with Gasteiger partial charge in [-0.15, -0.1) is 12.4 Å². The molecule has 0 amide bonds. The van der Waals surface area contributed by atoms with E-state index in [2.05, 4.69) is 38.7 Å². The van der Waals surface area contributed by atoms with Gasteiger partial charge in [0.15, 0.2) is 0 Å². The Morgan fingerprint density at radius 3 is 2.45 bits per heavy atom. The fourth-order valence-corrected chi connectivity index (χ4v) is 2.32. The summed E-state index contributed by atoms with van der Waals surface area (Å²) < 4.78 is 1.07. The molecule has 2 aromatic carbocycles. The van der Waals surface area contributed by atoms with Crippen LogP contribution in [0.1, 0.15) is 5.56 Å². The van der Waals surface area contributed by atoms with Crippen molar-refractivity contribution >= 4 is 39.7 Å². The lowest BCUT2D eigenvalue weighted by Gasteiger charge is -2.08. The van der Waals surface area contributed by atoms with Crippen molar-refractivity contribution in [1.82, 2.24) is 5.32 Å². The molecule has 0 heterocycles. The summed E-state index contributed by atoms with van der Waals surface area (Å²) in [4.78, 5) is 10.1. The summed E-state index contributed by atoms with van der Waals surface area (Å²) in [5, 5.41) is 17.1. The Balaban J connectivity index is 0.00000242. The van der Waals surface area contributed by atoms with Crippen LogP contribution in [0, 0.1) is 10.1 Å². The van der Waals surface area contributed by atoms with Crippen LogP contribution in [-0.2, 0) is 6.54 Å². The van der Waals surface area contributed by atoms with Gasteiger partial charge in [-0.25, -0.2) is 0 Å². The highest BCUT2D eigenvalue weighted by atomic mass is 79.9. The molecule has 5 nitrogen and oxygen atoms in total. The molecule has 22 heavy (non-hydrogen) atoms. The first-order valence-corrected chi connectivity index (χ1v) is 7.38. The molecule has 0 aliphatic heterocycles. The molecular formula is C15H17BrClN3O2. The Labute approximate surface area is 143 Å². The van der Waals surface area contributed by atoms with Gasteiger partial charge in [-0.3, -0.25) is 10.1 Å². The first-order valence-electron chi connectivity index (χ1n) is 6.58. The Morgan fingerprint density at radius 1 is 1.09 bits per heavy atom. The average molecular weight is 387 g/mol. The van der Waals surface area contributed by atoms with E-state index in [0.29, 0.717) is 0 Å². The highest BCUT2D eigenvalue weighted by molar-refractivity contribution is 9.10. The number of hydrogen-bond acceptors (Lipinski definition) is 4. The van der Waals surface area contributed by atoms with Gasteiger partial charge in [0.05, 0.1) is 4.92 Å². The summed E-state index contributed by atoms with van der Waals surface area (Å²) in [5.41, 5.74) is 2.21. The van der Waals surface area contributed by atoms with E-state index < -0.39 is 4.92 Å². The van der Waals surface area contributed by atoms with E-state index in [1.54, 1.807) is 12.1 Å². The minimum atomic E-state index is -0.399. The summed E-state index contributed by atoms with van der Waals surface area (Å²) in [7, 11) is 0. The van der Waals surface area contributed by atoms with Crippen LogP contribution in [0.4, 0.5) is 11.4 Å². The van der Waals surface area contributed by atoms with Crippen molar-refractivity contribution in [1.29, 1.82) is 0 Å². The number of halogens is 2. The Morgan fingerprint density at radius 2 is 1.82 bits per heavy atom. The highest BCUT2D eigenvalue weighted by Gasteiger charge is 2.03. The van der Waals surface area contributed by atoms with Gasteiger partial charge in [0.1, 0.15) is 0 Å². The number of nitrogens with zero attached hydrogens (tertiary/aromatic N) is 1. The number of nitro benzene ring substituents is 1. The zero-order chi connectivity index (χ0) is 15.1. The molecule has 0 radical (unpaired) electrons. The van der Waals surface area contributed by atoms with Crippen LogP contribution in [0.15, 0.2) is 53.0 Å². The molecule has 2 N–H and O–H groups in total. The second-order valence-corrected chi connectivity index (χ2v) is 5.45. The molecule has 0 aliphatic rings. The summed E-state index contributed by atoms with van der Waals surface area (Å²) in [5.74, 6) is 0. The summed E-state index contributed by atoms with van der Waals surface area (Å²) in [6.45, 7) is 2.37. The van der Waals surface area contributed by atoms with Gasteiger partial charge in [0, 0.05) is 41.9 Å². The lowest BCUT2D eigenvalue weighted by Crippen LogP contribution is -2.21. The molecule has 0 fully saturated rings. The maximum atomic E-state index is 10.5. The predicted octanol–water partition coefficient (Wildman–Crippen LogP) is 3.98. The zero-order valence-corrected chi connectivity index (χ0v) is 14.2. The van der Waals surface area contributed by atoms with Crippen molar-refractivity contribution in [3.8, 4) is 0 Å². The number of anilines is 1. The van der Waals surface area contributed by atoms with E-state index in [4.69, 9.17) is 0 Å². The van der Waals surface area contributed by atoms with Gasteiger partial charge < -0.3 is 10.6 Å². The molecule has 0 atom stereocenters. The second kappa shape index (κ2) is 9.40. The van der Waals surface area contributed by atoms with Gasteiger partial charge in [-0.05, 0) is 29.8 Å². The van der Waals surface area contributed by atoms with E-state index in [1.165, 1.54) is 17.7 Å². The van der Waals surface area contributed by atoms with Crippen LogP contribution in [0.3, 0.4) is 0 Å². The normalized spacial score (nSPS) is 9.86. The lowest BCUT2D eigenvalue weighted by atomic mass is 10.2. The van der Waals surface area contributed by atoms with Crippen LogP contribution >= 0.6 is 28.3 Å². The lowest BCUT2D eigenvalue weighted by molar-refractivity contribution is -0.384. The van der Waals surface area contributed by atoms with Crippen molar-refractivity contribution in [3.05, 3.63) is 68.7 Å². The van der Waals surface area contributed by atoms with Gasteiger partial charge in [-0.2, -0.15) is 0 Å². The van der Waals surface area contributed by atoms with Crippen LogP contribution in [0.5, 0.6) is 0 Å². The SMILES string of the molecule is Cl.O=[N+]([O-])c1ccc(NCCNCc2cccc(Br)c2)cc1. The zero-order valence-electron chi connectivity index (χ0n) is 11.8. The number of nitro groups is 1. The molecule has 0 spiro atoms. The smallest absolute Gasteiger partial charge is 0.269 e. The average Bonchev–Trinajstić information content (AvgIpc) is 2.47. The van der Waals surface area contributed by atoms with Gasteiger partial charge in [-0.1, -0.05) is 28.1 Å². The molecule has 7 heteroatoms. The molecule has 0 saturated heterocycles. The minimum Gasteiger partial charge on any atom is -0.384 e. The fourth-order valence-electron chi connectivity index (χ4n) is 1.88. The predicted molar refractivity (Wildman–Crippen MR) is 94.7 cm³/mol. The van der Waals surface area contributed by atoms with Crippen molar-refractivity contribution in [2.24, 2.45) is 0 Å². The van der Waals surface area contributed by atoms with E-state index in [1.807, 2.05) is 12.1 Å². The van der Waals surface area contributed by atoms with E-state index in [0.717, 1.165) is 29.8 Å². The Kier molecular flexibility index (Phi) is 7.87. The second-order valence-electron chi connectivity index (χ2n) is 4.54. The largest absolute Gasteiger partial charge is 0.384 e. The molecule has 0 bridgehead atoms. The van der Waals surface area contributed by atoms with E-state index in [-0.39, 0.29) is 18.1 Å². The van der Waals surface area contributed by atoms with Crippen molar-refractivity contribution in [3.63, 3.8) is 0 Å². The van der Waals surface area contributed by atoms with Crippen molar-refractivity contribution < 1.29 is 4.92 Å². The monoisotopic (exact) mass is 385 g/mol. The summed E-state index contributed by atoms with van der Waals surface area (Å²) in [6, 6.07) is 14.6. The molecule has 0 aromatic heterocycles. The van der Waals surface area contributed by atoms with Gasteiger partial charge in [0.2, 0.25) is 0 Å². The molecule has 2 aromatic rings. The minimum absolute atomic E-state index is 0. The van der Waals surface area contributed by atoms with E-state index >= 15 is 0 Å². The standard InChI is InChI=1S/C15H16BrN3O2.ClH/c16-13-3-1-2-12(10-13)11-17-8-9-18-14-4-6-15(7-5-14)19(20)21;/h1-7,10,17-18H,8-9,11H2;1H. The number of hydrogen-bond donors (Lipinski definition) is 2. The number of rotatable bonds is 7. The van der Waals surface area contributed by atoms with Crippen LogP contribution in [0.2, 0.25) is 0 Å². The van der Waals surface area contributed by atoms with Crippen molar-refractivity contribution in [2.75, 3.05) is 18.4 Å². The highest BCUT2D eigenvalue weighted by Crippen LogP contribution is 2.15. The number of benzene rings is 2. The molecule has 0 unspecified atom stereocenters.